The molecule has 0 unspecified atom stereocenters. The fourth-order valence-electron chi connectivity index (χ4n) is 5.05. The molecule has 1 aliphatic heterocycles. The van der Waals surface area contributed by atoms with Crippen molar-refractivity contribution in [3.63, 3.8) is 0 Å². The van der Waals surface area contributed by atoms with Crippen molar-refractivity contribution >= 4 is 63.6 Å². The number of ether oxygens (including phenoxy) is 3. The van der Waals surface area contributed by atoms with Crippen LogP contribution in [0.25, 0.3) is 11.8 Å². The van der Waals surface area contributed by atoms with Gasteiger partial charge in [-0.05, 0) is 42.6 Å². The van der Waals surface area contributed by atoms with Crippen LogP contribution < -0.4 is 24.4 Å². The molecule has 0 bridgehead atoms. The van der Waals surface area contributed by atoms with Gasteiger partial charge in [-0.2, -0.15) is 0 Å². The number of carbonyl (C=O) groups excluding carboxylic acids is 1. The molecule has 3 heterocycles. The minimum absolute atomic E-state index is 0.153. The van der Waals surface area contributed by atoms with E-state index in [9.17, 15) is 9.59 Å². The molecule has 1 atom stereocenters. The molecule has 3 aromatic carbocycles. The Morgan fingerprint density at radius 3 is 2.58 bits per heavy atom. The summed E-state index contributed by atoms with van der Waals surface area (Å²) < 4.78 is 19.4. The van der Waals surface area contributed by atoms with Gasteiger partial charge in [-0.3, -0.25) is 9.36 Å². The zero-order valence-corrected chi connectivity index (χ0v) is 27.3. The molecule has 7 nitrogen and oxygen atoms in total. The van der Waals surface area contributed by atoms with Gasteiger partial charge >= 0.3 is 5.97 Å². The fourth-order valence-corrected chi connectivity index (χ4v) is 7.33. The van der Waals surface area contributed by atoms with Gasteiger partial charge in [0, 0.05) is 31.6 Å². The van der Waals surface area contributed by atoms with Crippen molar-refractivity contribution in [2.24, 2.45) is 4.99 Å². The van der Waals surface area contributed by atoms with Crippen LogP contribution in [0.15, 0.2) is 99.6 Å². The molecule has 11 heteroatoms. The summed E-state index contributed by atoms with van der Waals surface area (Å²) in [5, 5.41) is 2.93. The van der Waals surface area contributed by atoms with E-state index in [-0.39, 0.29) is 18.8 Å². The third-order valence-corrected chi connectivity index (χ3v) is 9.58. The van der Waals surface area contributed by atoms with Crippen molar-refractivity contribution < 1.29 is 19.0 Å². The molecule has 0 saturated heterocycles. The van der Waals surface area contributed by atoms with Gasteiger partial charge in [0.1, 0.15) is 12.6 Å². The number of carbonyl (C=O) groups is 1. The van der Waals surface area contributed by atoms with E-state index in [4.69, 9.17) is 42.4 Å². The quantitative estimate of drug-likeness (QED) is 0.159. The molecule has 5 aromatic rings. The highest BCUT2D eigenvalue weighted by Gasteiger charge is 2.35. The van der Waals surface area contributed by atoms with Crippen LogP contribution in [0.5, 0.6) is 11.5 Å². The Kier molecular flexibility index (Phi) is 9.23. The van der Waals surface area contributed by atoms with E-state index in [1.807, 2.05) is 60.0 Å². The number of halogens is 2. The number of rotatable bonds is 9. The van der Waals surface area contributed by atoms with Crippen molar-refractivity contribution in [3.05, 3.63) is 141 Å². The summed E-state index contributed by atoms with van der Waals surface area (Å²) in [6, 6.07) is 23.2. The number of esters is 1. The first-order chi connectivity index (χ1) is 21.9. The number of para-hydroxylation sites is 1. The average molecular weight is 678 g/mol. The van der Waals surface area contributed by atoms with Gasteiger partial charge in [-0.1, -0.05) is 89.1 Å². The van der Waals surface area contributed by atoms with E-state index in [0.717, 1.165) is 16.0 Å². The number of aromatic nitrogens is 1. The third-order valence-electron chi connectivity index (χ3n) is 7.09. The normalized spacial score (nSPS) is 14.6. The molecule has 0 saturated carbocycles. The van der Waals surface area contributed by atoms with Crippen molar-refractivity contribution in [2.45, 2.75) is 19.6 Å². The van der Waals surface area contributed by atoms with Crippen molar-refractivity contribution in [1.29, 1.82) is 0 Å². The highest BCUT2D eigenvalue weighted by molar-refractivity contribution is 7.10. The average Bonchev–Trinajstić information content (AvgIpc) is 3.69. The maximum Gasteiger partial charge on any atom is 0.338 e. The van der Waals surface area contributed by atoms with E-state index >= 15 is 0 Å². The van der Waals surface area contributed by atoms with E-state index < -0.39 is 12.0 Å². The predicted octanol–water partition coefficient (Wildman–Crippen LogP) is 6.89. The molecule has 0 fully saturated rings. The van der Waals surface area contributed by atoms with Crippen LogP contribution in [-0.4, -0.2) is 24.3 Å². The molecule has 2 aromatic heterocycles. The Morgan fingerprint density at radius 2 is 1.87 bits per heavy atom. The molecule has 0 aliphatic carbocycles. The van der Waals surface area contributed by atoms with Gasteiger partial charge in [0.25, 0.3) is 5.56 Å². The summed E-state index contributed by atoms with van der Waals surface area (Å²) in [5.41, 5.74) is 2.63. The summed E-state index contributed by atoms with van der Waals surface area (Å²) in [7, 11) is 1.55. The number of thiazole rings is 1. The topological polar surface area (TPSA) is 79.1 Å². The Hall–Kier alpha value is -4.15. The number of hydrogen-bond donors (Lipinski definition) is 0. The molecule has 1 aliphatic rings. The Morgan fingerprint density at radius 1 is 1.04 bits per heavy atom. The molecular formula is C34H26Cl2N2O5S2. The first-order valence-corrected chi connectivity index (χ1v) is 16.4. The highest BCUT2D eigenvalue weighted by Crippen LogP contribution is 2.37. The molecule has 45 heavy (non-hydrogen) atoms. The SMILES string of the molecule is CCOC(=O)C1=C(c2ccccc2)N=c2s/c(=C\c3cccc(OC)c3OCc3ccc(Cl)cc3Cl)c(=O)n2[C@@H]1c1cccs1. The van der Waals surface area contributed by atoms with Crippen molar-refractivity contribution in [2.75, 3.05) is 13.7 Å². The first-order valence-electron chi connectivity index (χ1n) is 13.9. The number of methoxy groups -OCH3 is 1. The van der Waals surface area contributed by atoms with Gasteiger partial charge in [0.2, 0.25) is 0 Å². The van der Waals surface area contributed by atoms with Crippen LogP contribution in [0.3, 0.4) is 0 Å². The van der Waals surface area contributed by atoms with E-state index in [1.54, 1.807) is 48.9 Å². The van der Waals surface area contributed by atoms with Crippen molar-refractivity contribution in [1.82, 2.24) is 4.57 Å². The van der Waals surface area contributed by atoms with Crippen LogP contribution in [0, 0.1) is 0 Å². The summed E-state index contributed by atoms with van der Waals surface area (Å²) in [4.78, 5) is 34.0. The van der Waals surface area contributed by atoms with Crippen LogP contribution in [-0.2, 0) is 16.1 Å². The summed E-state index contributed by atoms with van der Waals surface area (Å²) in [6.45, 7) is 2.09. The largest absolute Gasteiger partial charge is 0.493 e. The lowest BCUT2D eigenvalue weighted by molar-refractivity contribution is -0.138. The maximum atomic E-state index is 14.2. The Bertz CT molecular complexity index is 2090. The second kappa shape index (κ2) is 13.5. The molecule has 0 radical (unpaired) electrons. The maximum absolute atomic E-state index is 14.2. The van der Waals surface area contributed by atoms with Gasteiger partial charge in [0.05, 0.1) is 29.5 Å². The highest BCUT2D eigenvalue weighted by atomic mass is 35.5. The minimum Gasteiger partial charge on any atom is -0.493 e. The molecule has 228 valence electrons. The van der Waals surface area contributed by atoms with E-state index in [1.165, 1.54) is 22.7 Å². The van der Waals surface area contributed by atoms with Gasteiger partial charge in [0.15, 0.2) is 16.3 Å². The van der Waals surface area contributed by atoms with Gasteiger partial charge in [-0.25, -0.2) is 9.79 Å². The van der Waals surface area contributed by atoms with Gasteiger partial charge < -0.3 is 14.2 Å². The van der Waals surface area contributed by atoms with Crippen LogP contribution in [0.2, 0.25) is 10.0 Å². The first kappa shape index (κ1) is 30.9. The lowest BCUT2D eigenvalue weighted by atomic mass is 9.97. The molecule has 0 spiro atoms. The standard InChI is InChI=1S/C34H26Cl2N2O5S2/c1-3-42-33(40)28-29(20-9-5-4-6-10-20)37-34-38(30(28)26-13-8-16-44-26)32(39)27(45-34)17-21-11-7-12-25(41-2)31(21)43-19-22-14-15-23(35)18-24(22)36/h4-18,30H,3,19H2,1-2H3/b27-17-/t30-/m1/s1. The van der Waals surface area contributed by atoms with Gasteiger partial charge in [-0.15, -0.1) is 11.3 Å². The predicted molar refractivity (Wildman–Crippen MR) is 179 cm³/mol. The number of fused-ring (bicyclic) bond motifs is 1. The fraction of sp³-hybridized carbons (Fsp3) is 0.147. The second-order valence-electron chi connectivity index (χ2n) is 9.85. The van der Waals surface area contributed by atoms with E-state index in [0.29, 0.717) is 47.7 Å². The molecule has 0 amide bonds. The van der Waals surface area contributed by atoms with Crippen LogP contribution in [0.1, 0.15) is 34.5 Å². The monoisotopic (exact) mass is 676 g/mol. The number of thiophene rings is 1. The Balaban J connectivity index is 1.52. The van der Waals surface area contributed by atoms with Crippen molar-refractivity contribution in [3.8, 4) is 11.5 Å². The van der Waals surface area contributed by atoms with Crippen LogP contribution in [0.4, 0.5) is 0 Å². The summed E-state index contributed by atoms with van der Waals surface area (Å²) in [5.74, 6) is 0.426. The van der Waals surface area contributed by atoms with Crippen LogP contribution >= 0.6 is 45.9 Å². The third kappa shape index (κ3) is 6.21. The smallest absolute Gasteiger partial charge is 0.338 e. The molecule has 0 N–H and O–H groups in total. The number of benzene rings is 3. The zero-order chi connectivity index (χ0) is 31.5. The lowest BCUT2D eigenvalue weighted by Crippen LogP contribution is -2.39. The number of nitrogens with zero attached hydrogens (tertiary/aromatic N) is 2. The second-order valence-corrected chi connectivity index (χ2v) is 12.7. The summed E-state index contributed by atoms with van der Waals surface area (Å²) in [6.07, 6.45) is 1.76. The summed E-state index contributed by atoms with van der Waals surface area (Å²) >= 11 is 15.2. The minimum atomic E-state index is -0.717. The number of hydrogen-bond acceptors (Lipinski definition) is 8. The zero-order valence-electron chi connectivity index (χ0n) is 24.2. The molecular weight excluding hydrogens is 651 g/mol. The Labute approximate surface area is 276 Å². The molecule has 6 rings (SSSR count). The van der Waals surface area contributed by atoms with E-state index in [2.05, 4.69) is 0 Å². The lowest BCUT2D eigenvalue weighted by Gasteiger charge is -2.24.